The fourth-order valence-corrected chi connectivity index (χ4v) is 2.00. The lowest BCUT2D eigenvalue weighted by molar-refractivity contribution is 0.0600. The van der Waals surface area contributed by atoms with Gasteiger partial charge in [-0.2, -0.15) is 0 Å². The van der Waals surface area contributed by atoms with Gasteiger partial charge in [-0.1, -0.05) is 6.07 Å². The lowest BCUT2D eigenvalue weighted by atomic mass is 10.2. The molecule has 3 rings (SSSR count). The first kappa shape index (κ1) is 13.3. The van der Waals surface area contributed by atoms with E-state index in [1.807, 2.05) is 18.2 Å². The molecule has 0 aliphatic carbocycles. The van der Waals surface area contributed by atoms with Crippen LogP contribution in [0.5, 0.6) is 17.2 Å². The molecule has 0 radical (unpaired) electrons. The lowest BCUT2D eigenvalue weighted by Gasteiger charge is -2.07. The van der Waals surface area contributed by atoms with E-state index in [0.29, 0.717) is 17.9 Å². The van der Waals surface area contributed by atoms with Gasteiger partial charge >= 0.3 is 5.97 Å². The van der Waals surface area contributed by atoms with Gasteiger partial charge in [0.1, 0.15) is 12.4 Å². The molecule has 0 saturated heterocycles. The van der Waals surface area contributed by atoms with Gasteiger partial charge in [-0.25, -0.2) is 4.79 Å². The number of methoxy groups -OCH3 is 1. The standard InChI is InChI=1S/C16H14O5/c1-18-16(17)12-3-5-13(6-4-12)19-9-11-2-7-14-15(8-11)21-10-20-14/h2-8H,9-10H2,1H3. The molecule has 0 saturated carbocycles. The van der Waals surface area contributed by atoms with Gasteiger partial charge in [0.05, 0.1) is 12.7 Å². The van der Waals surface area contributed by atoms with E-state index in [-0.39, 0.29) is 12.8 Å². The maximum atomic E-state index is 11.3. The van der Waals surface area contributed by atoms with E-state index in [0.717, 1.165) is 17.1 Å². The summed E-state index contributed by atoms with van der Waals surface area (Å²) in [7, 11) is 1.35. The molecule has 2 aromatic carbocycles. The smallest absolute Gasteiger partial charge is 0.337 e. The Kier molecular flexibility index (Phi) is 3.64. The zero-order valence-corrected chi connectivity index (χ0v) is 11.5. The number of esters is 1. The number of rotatable bonds is 4. The van der Waals surface area contributed by atoms with Crippen molar-refractivity contribution in [1.29, 1.82) is 0 Å². The average molecular weight is 286 g/mol. The first-order valence-electron chi connectivity index (χ1n) is 6.46. The molecule has 1 aliphatic rings. The van der Waals surface area contributed by atoms with E-state index in [4.69, 9.17) is 14.2 Å². The van der Waals surface area contributed by atoms with Crippen LogP contribution in [-0.2, 0) is 11.3 Å². The molecule has 0 spiro atoms. The number of carbonyl (C=O) groups excluding carboxylic acids is 1. The van der Waals surface area contributed by atoms with Crippen molar-refractivity contribution in [1.82, 2.24) is 0 Å². The number of hydrogen-bond donors (Lipinski definition) is 0. The van der Waals surface area contributed by atoms with Crippen LogP contribution in [-0.4, -0.2) is 19.9 Å². The molecule has 1 heterocycles. The minimum atomic E-state index is -0.364. The number of fused-ring (bicyclic) bond motifs is 1. The first-order valence-corrected chi connectivity index (χ1v) is 6.46. The molecule has 1 aliphatic heterocycles. The molecule has 0 amide bonds. The number of hydrogen-bond acceptors (Lipinski definition) is 5. The molecule has 0 unspecified atom stereocenters. The average Bonchev–Trinajstić information content (AvgIpc) is 3.00. The van der Waals surface area contributed by atoms with Crippen LogP contribution in [0, 0.1) is 0 Å². The molecule has 21 heavy (non-hydrogen) atoms. The minimum Gasteiger partial charge on any atom is -0.489 e. The predicted octanol–water partition coefficient (Wildman–Crippen LogP) is 2.78. The van der Waals surface area contributed by atoms with E-state index in [1.54, 1.807) is 24.3 Å². The Bertz CT molecular complexity index is 648. The fraction of sp³-hybridized carbons (Fsp3) is 0.188. The van der Waals surface area contributed by atoms with Gasteiger partial charge in [0.2, 0.25) is 6.79 Å². The van der Waals surface area contributed by atoms with Crippen molar-refractivity contribution >= 4 is 5.97 Å². The van der Waals surface area contributed by atoms with Crippen LogP contribution in [0.25, 0.3) is 0 Å². The first-order chi connectivity index (χ1) is 10.3. The highest BCUT2D eigenvalue weighted by molar-refractivity contribution is 5.89. The van der Waals surface area contributed by atoms with Gasteiger partial charge in [0.25, 0.3) is 0 Å². The van der Waals surface area contributed by atoms with Gasteiger partial charge in [-0.3, -0.25) is 0 Å². The van der Waals surface area contributed by atoms with E-state index >= 15 is 0 Å². The van der Waals surface area contributed by atoms with Crippen LogP contribution in [0.3, 0.4) is 0 Å². The van der Waals surface area contributed by atoms with Crippen LogP contribution in [0.1, 0.15) is 15.9 Å². The molecular formula is C16H14O5. The Hall–Kier alpha value is -2.69. The lowest BCUT2D eigenvalue weighted by Crippen LogP contribution is -2.01. The van der Waals surface area contributed by atoms with Gasteiger partial charge < -0.3 is 18.9 Å². The maximum Gasteiger partial charge on any atom is 0.337 e. The highest BCUT2D eigenvalue weighted by Crippen LogP contribution is 2.32. The molecule has 0 bridgehead atoms. The zero-order valence-electron chi connectivity index (χ0n) is 11.5. The Labute approximate surface area is 122 Å². The monoisotopic (exact) mass is 286 g/mol. The Morgan fingerprint density at radius 3 is 2.62 bits per heavy atom. The molecule has 0 fully saturated rings. The van der Waals surface area contributed by atoms with Crippen LogP contribution in [0.15, 0.2) is 42.5 Å². The summed E-state index contributed by atoms with van der Waals surface area (Å²) in [6, 6.07) is 12.5. The molecule has 2 aromatic rings. The highest BCUT2D eigenvalue weighted by atomic mass is 16.7. The SMILES string of the molecule is COC(=O)c1ccc(OCc2ccc3c(c2)OCO3)cc1. The van der Waals surface area contributed by atoms with Crippen LogP contribution in [0.4, 0.5) is 0 Å². The zero-order chi connectivity index (χ0) is 14.7. The van der Waals surface area contributed by atoms with Crippen molar-refractivity contribution in [3.63, 3.8) is 0 Å². The third kappa shape index (κ3) is 2.91. The topological polar surface area (TPSA) is 54.0 Å². The molecule has 0 N–H and O–H groups in total. The summed E-state index contributed by atoms with van der Waals surface area (Å²) in [5.74, 6) is 1.80. The van der Waals surface area contributed by atoms with Crippen molar-refractivity contribution in [3.8, 4) is 17.2 Å². The van der Waals surface area contributed by atoms with Crippen molar-refractivity contribution in [3.05, 3.63) is 53.6 Å². The van der Waals surface area contributed by atoms with Gasteiger partial charge in [-0.15, -0.1) is 0 Å². The van der Waals surface area contributed by atoms with Gasteiger partial charge in [0.15, 0.2) is 11.5 Å². The number of carbonyl (C=O) groups is 1. The van der Waals surface area contributed by atoms with E-state index in [2.05, 4.69) is 4.74 Å². The summed E-state index contributed by atoms with van der Waals surface area (Å²) in [6.07, 6.45) is 0. The third-order valence-electron chi connectivity index (χ3n) is 3.12. The molecule has 5 nitrogen and oxygen atoms in total. The second kappa shape index (κ2) is 5.75. The van der Waals surface area contributed by atoms with E-state index in [9.17, 15) is 4.79 Å². The molecule has 0 atom stereocenters. The second-order valence-corrected chi connectivity index (χ2v) is 4.49. The summed E-state index contributed by atoms with van der Waals surface area (Å²) in [6.45, 7) is 0.669. The fourth-order valence-electron chi connectivity index (χ4n) is 2.00. The highest BCUT2D eigenvalue weighted by Gasteiger charge is 2.13. The number of benzene rings is 2. The number of ether oxygens (including phenoxy) is 4. The van der Waals surface area contributed by atoms with Crippen LogP contribution >= 0.6 is 0 Å². The predicted molar refractivity (Wildman–Crippen MR) is 74.7 cm³/mol. The molecule has 0 aromatic heterocycles. The van der Waals surface area contributed by atoms with E-state index in [1.165, 1.54) is 7.11 Å². The quantitative estimate of drug-likeness (QED) is 0.809. The van der Waals surface area contributed by atoms with Crippen LogP contribution < -0.4 is 14.2 Å². The van der Waals surface area contributed by atoms with Crippen molar-refractivity contribution in [2.24, 2.45) is 0 Å². The summed E-state index contributed by atoms with van der Waals surface area (Å²) < 4.78 is 20.9. The summed E-state index contributed by atoms with van der Waals surface area (Å²) in [5, 5.41) is 0. The Morgan fingerprint density at radius 1 is 1.10 bits per heavy atom. The second-order valence-electron chi connectivity index (χ2n) is 4.49. The third-order valence-corrected chi connectivity index (χ3v) is 3.12. The maximum absolute atomic E-state index is 11.3. The summed E-state index contributed by atoms with van der Waals surface area (Å²) >= 11 is 0. The molecular weight excluding hydrogens is 272 g/mol. The normalized spacial score (nSPS) is 12.0. The Morgan fingerprint density at radius 2 is 1.86 bits per heavy atom. The van der Waals surface area contributed by atoms with Crippen LogP contribution in [0.2, 0.25) is 0 Å². The molecule has 108 valence electrons. The largest absolute Gasteiger partial charge is 0.489 e. The molecule has 5 heteroatoms. The van der Waals surface area contributed by atoms with Crippen molar-refractivity contribution < 1.29 is 23.7 Å². The summed E-state index contributed by atoms with van der Waals surface area (Å²) in [4.78, 5) is 11.3. The van der Waals surface area contributed by atoms with Gasteiger partial charge in [0, 0.05) is 0 Å². The van der Waals surface area contributed by atoms with Crippen molar-refractivity contribution in [2.75, 3.05) is 13.9 Å². The summed E-state index contributed by atoms with van der Waals surface area (Å²) in [5.41, 5.74) is 1.48. The van der Waals surface area contributed by atoms with E-state index < -0.39 is 0 Å². The van der Waals surface area contributed by atoms with Crippen molar-refractivity contribution in [2.45, 2.75) is 6.61 Å². The Balaban J connectivity index is 1.63. The van der Waals surface area contributed by atoms with Gasteiger partial charge in [-0.05, 0) is 42.0 Å². The minimum absolute atomic E-state index is 0.259.